The number of aliphatic hydroxyl groups is 2. The number of Topliss-reactive ketones (excluding diaryl/α,β-unsaturated/α-hetero) is 1. The number of aliphatic hydroxyl groups excluding tert-OH is 2. The van der Waals surface area contributed by atoms with E-state index in [-0.39, 0.29) is 23.7 Å². The summed E-state index contributed by atoms with van der Waals surface area (Å²) in [5.74, 6) is 7.13. The molecule has 0 bridgehead atoms. The Labute approximate surface area is 127 Å². The minimum absolute atomic E-state index is 0.0767. The van der Waals surface area contributed by atoms with E-state index in [9.17, 15) is 15.0 Å². The van der Waals surface area contributed by atoms with Crippen LogP contribution in [0, 0.1) is 41.4 Å². The van der Waals surface area contributed by atoms with E-state index in [1.165, 1.54) is 12.8 Å². The Balaban J connectivity index is 1.71. The molecule has 3 rings (SSSR count). The molecule has 0 radical (unpaired) electrons. The fourth-order valence-electron chi connectivity index (χ4n) is 4.68. The van der Waals surface area contributed by atoms with Crippen LogP contribution in [0.2, 0.25) is 0 Å². The van der Waals surface area contributed by atoms with Crippen LogP contribution in [-0.2, 0) is 4.79 Å². The van der Waals surface area contributed by atoms with Gasteiger partial charge in [0.1, 0.15) is 11.9 Å². The molecule has 116 valence electrons. The molecule has 0 spiro atoms. The van der Waals surface area contributed by atoms with Gasteiger partial charge in [-0.2, -0.15) is 0 Å². The molecule has 0 heterocycles. The molecule has 3 fully saturated rings. The lowest BCUT2D eigenvalue weighted by molar-refractivity contribution is -0.153. The third kappa shape index (κ3) is 2.64. The van der Waals surface area contributed by atoms with E-state index in [0.717, 1.165) is 25.7 Å². The van der Waals surface area contributed by atoms with Crippen LogP contribution in [0.4, 0.5) is 0 Å². The van der Waals surface area contributed by atoms with Crippen molar-refractivity contribution in [1.29, 1.82) is 0 Å². The first kappa shape index (κ1) is 15.1. The SMILES string of the molecule is CCC1C(=O)[C@H]2CC[C@@H](O)[C@H](C#C[C@@H](O)C3CCCC3)[C@@H]12. The molecule has 1 unspecified atom stereocenters. The molecule has 3 nitrogen and oxygen atoms in total. The Kier molecular flexibility index (Phi) is 4.38. The van der Waals surface area contributed by atoms with E-state index < -0.39 is 12.2 Å². The summed E-state index contributed by atoms with van der Waals surface area (Å²) in [6.45, 7) is 2.04. The third-order valence-corrected chi connectivity index (χ3v) is 5.95. The lowest BCUT2D eigenvalue weighted by Gasteiger charge is -2.50. The predicted molar refractivity (Wildman–Crippen MR) is 80.2 cm³/mol. The van der Waals surface area contributed by atoms with E-state index in [1.807, 2.05) is 6.92 Å². The summed E-state index contributed by atoms with van der Waals surface area (Å²) in [6.07, 6.45) is 5.82. The summed E-state index contributed by atoms with van der Waals surface area (Å²) in [5, 5.41) is 20.5. The molecule has 0 aromatic carbocycles. The van der Waals surface area contributed by atoms with E-state index in [0.29, 0.717) is 18.1 Å². The van der Waals surface area contributed by atoms with Gasteiger partial charge in [-0.15, -0.1) is 0 Å². The maximum absolute atomic E-state index is 12.0. The highest BCUT2D eigenvalue weighted by atomic mass is 16.3. The van der Waals surface area contributed by atoms with E-state index in [4.69, 9.17) is 0 Å². The number of carbonyl (C=O) groups is 1. The molecular weight excluding hydrogens is 264 g/mol. The predicted octanol–water partition coefficient (Wildman–Crippen LogP) is 2.15. The molecule has 0 aromatic heterocycles. The van der Waals surface area contributed by atoms with Gasteiger partial charge in [-0.3, -0.25) is 4.79 Å². The van der Waals surface area contributed by atoms with Crippen molar-refractivity contribution in [3.8, 4) is 11.8 Å². The van der Waals surface area contributed by atoms with E-state index in [2.05, 4.69) is 11.8 Å². The summed E-state index contributed by atoms with van der Waals surface area (Å²) in [5.41, 5.74) is 0. The molecule has 3 aliphatic rings. The van der Waals surface area contributed by atoms with Gasteiger partial charge >= 0.3 is 0 Å². The standard InChI is InChI=1S/C18H26O3/c1-2-12-17-13(16(20)10-8-14(17)18(12)21)7-9-15(19)11-5-3-4-6-11/h11-17,19-20H,2-6,8,10H2,1H3/t12?,13-,14-,15+,16+,17+/m0/s1. The highest BCUT2D eigenvalue weighted by molar-refractivity contribution is 5.90. The molecule has 3 heteroatoms. The Morgan fingerprint density at radius 1 is 1.24 bits per heavy atom. The third-order valence-electron chi connectivity index (χ3n) is 5.95. The maximum Gasteiger partial charge on any atom is 0.139 e. The van der Waals surface area contributed by atoms with Gasteiger partial charge in [0.25, 0.3) is 0 Å². The number of hydrogen-bond acceptors (Lipinski definition) is 3. The minimum Gasteiger partial charge on any atom is -0.392 e. The molecule has 3 aliphatic carbocycles. The van der Waals surface area contributed by atoms with Crippen molar-refractivity contribution in [3.05, 3.63) is 0 Å². The van der Waals surface area contributed by atoms with Gasteiger partial charge < -0.3 is 10.2 Å². The lowest BCUT2D eigenvalue weighted by atomic mass is 9.52. The smallest absolute Gasteiger partial charge is 0.139 e. The van der Waals surface area contributed by atoms with Crippen LogP contribution >= 0.6 is 0 Å². The van der Waals surface area contributed by atoms with Gasteiger partial charge in [0.2, 0.25) is 0 Å². The fraction of sp³-hybridized carbons (Fsp3) is 0.833. The Morgan fingerprint density at radius 3 is 2.62 bits per heavy atom. The van der Waals surface area contributed by atoms with Crippen molar-refractivity contribution >= 4 is 5.78 Å². The number of hydrogen-bond donors (Lipinski definition) is 2. The Bertz CT molecular complexity index is 447. The zero-order chi connectivity index (χ0) is 15.0. The molecule has 0 saturated heterocycles. The second kappa shape index (κ2) is 6.10. The summed E-state index contributed by atoms with van der Waals surface area (Å²) in [7, 11) is 0. The van der Waals surface area contributed by atoms with Crippen molar-refractivity contribution < 1.29 is 15.0 Å². The molecule has 6 atom stereocenters. The largest absolute Gasteiger partial charge is 0.392 e. The van der Waals surface area contributed by atoms with Crippen LogP contribution in [0.25, 0.3) is 0 Å². The van der Waals surface area contributed by atoms with Crippen molar-refractivity contribution in [2.24, 2.45) is 29.6 Å². The number of carbonyl (C=O) groups excluding carboxylic acids is 1. The maximum atomic E-state index is 12.0. The zero-order valence-electron chi connectivity index (χ0n) is 12.8. The van der Waals surface area contributed by atoms with Gasteiger partial charge in [0.05, 0.1) is 12.0 Å². The van der Waals surface area contributed by atoms with Gasteiger partial charge in [-0.05, 0) is 43.9 Å². The highest BCUT2D eigenvalue weighted by Crippen LogP contribution is 2.50. The van der Waals surface area contributed by atoms with Gasteiger partial charge in [0.15, 0.2) is 0 Å². The van der Waals surface area contributed by atoms with Crippen LogP contribution in [-0.4, -0.2) is 28.2 Å². The Morgan fingerprint density at radius 2 is 1.95 bits per heavy atom. The minimum atomic E-state index is -0.559. The number of rotatable bonds is 2. The normalized spacial score (nSPS) is 40.9. The summed E-state index contributed by atoms with van der Waals surface area (Å²) >= 11 is 0. The fourth-order valence-corrected chi connectivity index (χ4v) is 4.68. The number of ketones is 1. The van der Waals surface area contributed by atoms with E-state index >= 15 is 0 Å². The number of fused-ring (bicyclic) bond motifs is 1. The quantitative estimate of drug-likeness (QED) is 0.766. The molecule has 2 N–H and O–H groups in total. The average Bonchev–Trinajstić information content (AvgIpc) is 3.00. The highest BCUT2D eigenvalue weighted by Gasteiger charge is 2.55. The molecule has 21 heavy (non-hydrogen) atoms. The molecule has 0 amide bonds. The molecular formula is C18H26O3. The average molecular weight is 290 g/mol. The van der Waals surface area contributed by atoms with Crippen molar-refractivity contribution in [2.45, 2.75) is 64.1 Å². The first-order valence-electron chi connectivity index (χ1n) is 8.54. The van der Waals surface area contributed by atoms with Gasteiger partial charge in [-0.25, -0.2) is 0 Å². The van der Waals surface area contributed by atoms with Crippen LogP contribution in [0.1, 0.15) is 51.9 Å². The second-order valence-corrected chi connectivity index (χ2v) is 7.05. The molecule has 0 aliphatic heterocycles. The first-order valence-corrected chi connectivity index (χ1v) is 8.54. The van der Waals surface area contributed by atoms with E-state index in [1.54, 1.807) is 0 Å². The monoisotopic (exact) mass is 290 g/mol. The summed E-state index contributed by atoms with van der Waals surface area (Å²) in [4.78, 5) is 12.0. The van der Waals surface area contributed by atoms with Crippen LogP contribution in [0.5, 0.6) is 0 Å². The second-order valence-electron chi connectivity index (χ2n) is 7.05. The lowest BCUT2D eigenvalue weighted by Crippen LogP contribution is -2.56. The molecule has 3 saturated carbocycles. The topological polar surface area (TPSA) is 57.5 Å². The van der Waals surface area contributed by atoms with Crippen LogP contribution in [0.3, 0.4) is 0 Å². The molecule has 0 aromatic rings. The summed E-state index contributed by atoms with van der Waals surface area (Å²) < 4.78 is 0. The van der Waals surface area contributed by atoms with Crippen molar-refractivity contribution in [3.63, 3.8) is 0 Å². The van der Waals surface area contributed by atoms with Crippen LogP contribution in [0.15, 0.2) is 0 Å². The first-order chi connectivity index (χ1) is 10.1. The van der Waals surface area contributed by atoms with Crippen molar-refractivity contribution in [1.82, 2.24) is 0 Å². The zero-order valence-corrected chi connectivity index (χ0v) is 12.8. The van der Waals surface area contributed by atoms with Crippen molar-refractivity contribution in [2.75, 3.05) is 0 Å². The summed E-state index contributed by atoms with van der Waals surface area (Å²) in [6, 6.07) is 0. The Hall–Kier alpha value is -0.850. The van der Waals surface area contributed by atoms with Gasteiger partial charge in [-0.1, -0.05) is 31.6 Å². The van der Waals surface area contributed by atoms with Gasteiger partial charge in [0, 0.05) is 11.8 Å². The van der Waals surface area contributed by atoms with Crippen LogP contribution < -0.4 is 0 Å².